The highest BCUT2D eigenvalue weighted by atomic mass is 16.2. The Hall–Kier alpha value is -2.95. The Balaban J connectivity index is 1.69. The number of carbonyl (C=O) groups is 3. The van der Waals surface area contributed by atoms with E-state index in [1.54, 1.807) is 6.92 Å². The Morgan fingerprint density at radius 2 is 1.56 bits per heavy atom. The van der Waals surface area contributed by atoms with Crippen LogP contribution in [0.5, 0.6) is 0 Å². The summed E-state index contributed by atoms with van der Waals surface area (Å²) in [5, 5.41) is 5.39. The molecule has 1 saturated heterocycles. The molecule has 1 fully saturated rings. The zero-order valence-corrected chi connectivity index (χ0v) is 14.0. The van der Waals surface area contributed by atoms with Gasteiger partial charge < -0.3 is 10.6 Å². The van der Waals surface area contributed by atoms with E-state index in [0.717, 1.165) is 11.1 Å². The fraction of sp³-hybridized carbons (Fsp3) is 0.250. The Morgan fingerprint density at radius 3 is 2.16 bits per heavy atom. The minimum atomic E-state index is -1.29. The second-order valence-corrected chi connectivity index (χ2v) is 6.48. The van der Waals surface area contributed by atoms with E-state index in [9.17, 15) is 14.4 Å². The molecule has 2 unspecified atom stereocenters. The molecule has 1 heterocycles. The first kappa shape index (κ1) is 16.9. The second-order valence-electron chi connectivity index (χ2n) is 6.48. The van der Waals surface area contributed by atoms with Gasteiger partial charge in [0.1, 0.15) is 5.54 Å². The SMILES string of the molecule is CC1(Cc2ccccc2)NC(=O)C(C(=O)NCc2ccccc2)C1=O. The van der Waals surface area contributed by atoms with Crippen molar-refractivity contribution < 1.29 is 14.4 Å². The predicted molar refractivity (Wildman–Crippen MR) is 93.5 cm³/mol. The van der Waals surface area contributed by atoms with Crippen LogP contribution in [0.2, 0.25) is 0 Å². The van der Waals surface area contributed by atoms with E-state index in [1.165, 1.54) is 0 Å². The number of hydrogen-bond donors (Lipinski definition) is 2. The minimum absolute atomic E-state index is 0.284. The topological polar surface area (TPSA) is 75.3 Å². The maximum atomic E-state index is 12.8. The Kier molecular flexibility index (Phi) is 4.65. The van der Waals surface area contributed by atoms with Gasteiger partial charge >= 0.3 is 0 Å². The summed E-state index contributed by atoms with van der Waals surface area (Å²) in [4.78, 5) is 37.4. The Labute approximate surface area is 146 Å². The van der Waals surface area contributed by atoms with E-state index < -0.39 is 23.3 Å². The smallest absolute Gasteiger partial charge is 0.241 e. The van der Waals surface area contributed by atoms with Gasteiger partial charge in [0.2, 0.25) is 11.8 Å². The van der Waals surface area contributed by atoms with Crippen molar-refractivity contribution in [3.8, 4) is 0 Å². The summed E-state index contributed by atoms with van der Waals surface area (Å²) in [7, 11) is 0. The van der Waals surface area contributed by atoms with Crippen molar-refractivity contribution in [2.75, 3.05) is 0 Å². The largest absolute Gasteiger partial charge is 0.351 e. The van der Waals surface area contributed by atoms with Gasteiger partial charge in [-0.1, -0.05) is 60.7 Å². The number of ketones is 1. The first-order chi connectivity index (χ1) is 12.0. The molecule has 0 radical (unpaired) electrons. The number of rotatable bonds is 5. The molecule has 0 bridgehead atoms. The van der Waals surface area contributed by atoms with Crippen LogP contribution in [-0.2, 0) is 27.3 Å². The number of benzene rings is 2. The summed E-state index contributed by atoms with van der Waals surface area (Å²) < 4.78 is 0. The lowest BCUT2D eigenvalue weighted by Crippen LogP contribution is -2.46. The fourth-order valence-corrected chi connectivity index (χ4v) is 3.10. The summed E-state index contributed by atoms with van der Waals surface area (Å²) in [6.45, 7) is 1.96. The molecule has 25 heavy (non-hydrogen) atoms. The molecule has 5 heteroatoms. The molecular weight excluding hydrogens is 316 g/mol. The zero-order valence-electron chi connectivity index (χ0n) is 14.0. The van der Waals surface area contributed by atoms with Crippen molar-refractivity contribution >= 4 is 17.6 Å². The van der Waals surface area contributed by atoms with Gasteiger partial charge in [-0.05, 0) is 18.1 Å². The van der Waals surface area contributed by atoms with E-state index in [1.807, 2.05) is 60.7 Å². The number of amides is 2. The fourth-order valence-electron chi connectivity index (χ4n) is 3.10. The lowest BCUT2D eigenvalue weighted by atomic mass is 9.86. The summed E-state index contributed by atoms with van der Waals surface area (Å²) in [5.74, 6) is -2.76. The first-order valence-corrected chi connectivity index (χ1v) is 8.21. The van der Waals surface area contributed by atoms with E-state index in [4.69, 9.17) is 0 Å². The van der Waals surface area contributed by atoms with E-state index in [2.05, 4.69) is 10.6 Å². The van der Waals surface area contributed by atoms with Gasteiger partial charge in [-0.3, -0.25) is 14.4 Å². The van der Waals surface area contributed by atoms with Crippen LogP contribution in [0.3, 0.4) is 0 Å². The lowest BCUT2D eigenvalue weighted by Gasteiger charge is -2.22. The average Bonchev–Trinajstić information content (AvgIpc) is 2.83. The number of Topliss-reactive ketones (excluding diaryl/α,β-unsaturated/α-hetero) is 1. The molecule has 1 aliphatic heterocycles. The van der Waals surface area contributed by atoms with Crippen molar-refractivity contribution in [3.63, 3.8) is 0 Å². The molecule has 3 rings (SSSR count). The lowest BCUT2D eigenvalue weighted by molar-refractivity contribution is -0.138. The third-order valence-corrected chi connectivity index (χ3v) is 4.44. The van der Waals surface area contributed by atoms with Crippen LogP contribution in [0.25, 0.3) is 0 Å². The van der Waals surface area contributed by atoms with Gasteiger partial charge in [0.05, 0.1) is 0 Å². The van der Waals surface area contributed by atoms with Crippen molar-refractivity contribution in [3.05, 3.63) is 71.8 Å². The zero-order chi connectivity index (χ0) is 17.9. The van der Waals surface area contributed by atoms with Crippen LogP contribution in [0.4, 0.5) is 0 Å². The maximum Gasteiger partial charge on any atom is 0.241 e. The van der Waals surface area contributed by atoms with Crippen molar-refractivity contribution in [2.45, 2.75) is 25.4 Å². The van der Waals surface area contributed by atoms with E-state index in [0.29, 0.717) is 6.42 Å². The number of nitrogens with one attached hydrogen (secondary N) is 2. The quantitative estimate of drug-likeness (QED) is 0.815. The van der Waals surface area contributed by atoms with Gasteiger partial charge in [0, 0.05) is 13.0 Å². The van der Waals surface area contributed by atoms with Gasteiger partial charge in [-0.25, -0.2) is 0 Å². The molecule has 1 aliphatic rings. The van der Waals surface area contributed by atoms with Crippen LogP contribution in [-0.4, -0.2) is 23.1 Å². The van der Waals surface area contributed by atoms with Crippen molar-refractivity contribution in [2.24, 2.45) is 5.92 Å². The highest BCUT2D eigenvalue weighted by Gasteiger charge is 2.52. The molecule has 0 saturated carbocycles. The van der Waals surface area contributed by atoms with Crippen LogP contribution >= 0.6 is 0 Å². The average molecular weight is 336 g/mol. The Morgan fingerprint density at radius 1 is 1.00 bits per heavy atom. The van der Waals surface area contributed by atoms with Gasteiger partial charge in [0.25, 0.3) is 0 Å². The minimum Gasteiger partial charge on any atom is -0.351 e. The molecule has 2 aromatic rings. The van der Waals surface area contributed by atoms with Gasteiger partial charge in [0.15, 0.2) is 11.7 Å². The summed E-state index contributed by atoms with van der Waals surface area (Å²) in [6.07, 6.45) is 0.362. The first-order valence-electron chi connectivity index (χ1n) is 8.21. The summed E-state index contributed by atoms with van der Waals surface area (Å²) in [6, 6.07) is 18.8. The summed E-state index contributed by atoms with van der Waals surface area (Å²) >= 11 is 0. The third-order valence-electron chi connectivity index (χ3n) is 4.44. The second kappa shape index (κ2) is 6.89. The normalized spacial score (nSPS) is 22.5. The standard InChI is InChI=1S/C20H20N2O3/c1-20(12-14-8-4-2-5-9-14)17(23)16(19(25)22-20)18(24)21-13-15-10-6-3-7-11-15/h2-11,16H,12-13H2,1H3,(H,21,24)(H,22,25). The molecule has 0 spiro atoms. The monoisotopic (exact) mass is 336 g/mol. The molecule has 2 aromatic carbocycles. The van der Waals surface area contributed by atoms with E-state index in [-0.39, 0.29) is 12.3 Å². The molecule has 2 atom stereocenters. The van der Waals surface area contributed by atoms with Crippen molar-refractivity contribution in [1.82, 2.24) is 10.6 Å². The van der Waals surface area contributed by atoms with Gasteiger partial charge in [-0.2, -0.15) is 0 Å². The molecule has 0 aromatic heterocycles. The molecule has 2 amide bonds. The van der Waals surface area contributed by atoms with Crippen LogP contribution in [0.15, 0.2) is 60.7 Å². The third kappa shape index (κ3) is 3.60. The molecule has 2 N–H and O–H groups in total. The molecule has 0 aliphatic carbocycles. The van der Waals surface area contributed by atoms with Crippen molar-refractivity contribution in [1.29, 1.82) is 0 Å². The van der Waals surface area contributed by atoms with Gasteiger partial charge in [-0.15, -0.1) is 0 Å². The van der Waals surface area contributed by atoms with Crippen LogP contribution in [0.1, 0.15) is 18.1 Å². The summed E-state index contributed by atoms with van der Waals surface area (Å²) in [5.41, 5.74) is 0.783. The maximum absolute atomic E-state index is 12.8. The molecular formula is C20H20N2O3. The highest BCUT2D eigenvalue weighted by Crippen LogP contribution is 2.25. The number of hydrogen-bond acceptors (Lipinski definition) is 3. The van der Waals surface area contributed by atoms with Crippen LogP contribution < -0.4 is 10.6 Å². The molecule has 128 valence electrons. The molecule has 5 nitrogen and oxygen atoms in total. The Bertz CT molecular complexity index is 789. The highest BCUT2D eigenvalue weighted by molar-refractivity contribution is 6.25. The predicted octanol–water partition coefficient (Wildman–Crippen LogP) is 1.62. The number of carbonyl (C=O) groups excluding carboxylic acids is 3. The van der Waals surface area contributed by atoms with Crippen LogP contribution in [0, 0.1) is 5.92 Å². The van der Waals surface area contributed by atoms with E-state index >= 15 is 0 Å².